The summed E-state index contributed by atoms with van der Waals surface area (Å²) in [6.07, 6.45) is -19.4. The van der Waals surface area contributed by atoms with Crippen LogP contribution in [0.25, 0.3) is 0 Å². The maximum Gasteiger partial charge on any atom is 0.315 e. The fourth-order valence-electron chi connectivity index (χ4n) is 16.2. The normalized spacial score (nSPS) is 54.1. The van der Waals surface area contributed by atoms with Gasteiger partial charge < -0.3 is 99.2 Å². The van der Waals surface area contributed by atoms with E-state index in [2.05, 4.69) is 54.5 Å². The van der Waals surface area contributed by atoms with Crippen molar-refractivity contribution < 1.29 is 104 Å². The van der Waals surface area contributed by atoms with Crippen molar-refractivity contribution in [2.75, 3.05) is 19.8 Å². The third kappa shape index (κ3) is 9.17. The first kappa shape index (κ1) is 57.1. The van der Waals surface area contributed by atoms with Crippen LogP contribution in [0, 0.1) is 50.2 Å². The van der Waals surface area contributed by atoms with E-state index in [4.69, 9.17) is 37.9 Å². The van der Waals surface area contributed by atoms with Crippen LogP contribution < -0.4 is 0 Å². The summed E-state index contributed by atoms with van der Waals surface area (Å²) < 4.78 is 48.0. The van der Waals surface area contributed by atoms with Crippen molar-refractivity contribution in [1.29, 1.82) is 0 Å². The zero-order chi connectivity index (χ0) is 54.0. The Hall–Kier alpha value is -1.55. The first-order valence-electron chi connectivity index (χ1n) is 27.1. The molecule has 0 amide bonds. The summed E-state index contributed by atoms with van der Waals surface area (Å²) in [6, 6.07) is 0. The Bertz CT molecular complexity index is 2040. The lowest BCUT2D eigenvalue weighted by atomic mass is 9.33. The molecule has 0 aromatic rings. The predicted molar refractivity (Wildman–Crippen MR) is 255 cm³/mol. The second-order valence-corrected chi connectivity index (χ2v) is 25.8. The summed E-state index contributed by atoms with van der Waals surface area (Å²) in [5.74, 6) is -0.319. The Labute approximate surface area is 433 Å². The molecule has 27 atom stereocenters. The highest BCUT2D eigenvalue weighted by Gasteiger charge is 2.70. The van der Waals surface area contributed by atoms with Crippen LogP contribution in [-0.4, -0.2) is 210 Å². The lowest BCUT2D eigenvalue weighted by Crippen LogP contribution is -2.66. The van der Waals surface area contributed by atoms with E-state index >= 15 is 4.79 Å². The van der Waals surface area contributed by atoms with Gasteiger partial charge in [-0.2, -0.15) is 0 Å². The number of aliphatic hydroxyl groups is 12. The highest BCUT2D eigenvalue weighted by atomic mass is 16.8. The Morgan fingerprint density at radius 2 is 1.22 bits per heavy atom. The zero-order valence-electron chi connectivity index (χ0n) is 44.1. The number of rotatable bonds is 10. The molecule has 0 aromatic carbocycles. The minimum atomic E-state index is -1.86. The van der Waals surface area contributed by atoms with Gasteiger partial charge in [-0.25, -0.2) is 0 Å². The van der Waals surface area contributed by atoms with Crippen LogP contribution in [0.15, 0.2) is 11.6 Å². The van der Waals surface area contributed by atoms with Crippen molar-refractivity contribution in [1.82, 2.24) is 0 Å². The van der Waals surface area contributed by atoms with E-state index in [9.17, 15) is 61.3 Å². The van der Waals surface area contributed by atoms with E-state index in [1.54, 1.807) is 0 Å². The molecule has 424 valence electrons. The second kappa shape index (κ2) is 20.5. The van der Waals surface area contributed by atoms with Crippen molar-refractivity contribution in [3.8, 4) is 0 Å². The van der Waals surface area contributed by atoms with Crippen molar-refractivity contribution in [2.45, 2.75) is 242 Å². The van der Waals surface area contributed by atoms with Gasteiger partial charge in [-0.3, -0.25) is 4.79 Å². The van der Waals surface area contributed by atoms with Crippen LogP contribution in [0.1, 0.15) is 120 Å². The van der Waals surface area contributed by atoms with Gasteiger partial charge in [-0.15, -0.1) is 0 Å². The van der Waals surface area contributed by atoms with E-state index in [-0.39, 0.29) is 52.1 Å². The van der Waals surface area contributed by atoms with Gasteiger partial charge in [0.15, 0.2) is 18.9 Å². The monoisotopic (exact) mass is 1060 g/mol. The van der Waals surface area contributed by atoms with Crippen LogP contribution in [0.3, 0.4) is 0 Å². The summed E-state index contributed by atoms with van der Waals surface area (Å²) in [6.45, 7) is 15.9. The average Bonchev–Trinajstić information content (AvgIpc) is 3.35. The number of carbonyl (C=O) groups is 1. The molecule has 21 nitrogen and oxygen atoms in total. The maximum atomic E-state index is 15.1. The molecule has 4 heterocycles. The number of aliphatic hydroxyl groups excluding tert-OH is 12. The quantitative estimate of drug-likeness (QED) is 0.0755. The summed E-state index contributed by atoms with van der Waals surface area (Å²) >= 11 is 0. The minimum absolute atomic E-state index is 0.114. The fraction of sp³-hybridized carbons (Fsp3) is 0.943. The Morgan fingerprint density at radius 1 is 0.608 bits per heavy atom. The molecule has 4 saturated carbocycles. The molecule has 0 bridgehead atoms. The minimum Gasteiger partial charge on any atom is -0.432 e. The Kier molecular flexibility index (Phi) is 15.8. The topological polar surface area (TPSA) is 334 Å². The Morgan fingerprint density at radius 3 is 1.89 bits per heavy atom. The highest BCUT2D eigenvalue weighted by molar-refractivity contribution is 5.79. The summed E-state index contributed by atoms with van der Waals surface area (Å²) in [4.78, 5) is 15.1. The Balaban J connectivity index is 0.923. The van der Waals surface area contributed by atoms with Gasteiger partial charge in [0.25, 0.3) is 0 Å². The van der Waals surface area contributed by atoms with Crippen LogP contribution in [-0.2, 0) is 42.7 Å². The summed E-state index contributed by atoms with van der Waals surface area (Å²) in [5.41, 5.74) is -0.885. The first-order valence-corrected chi connectivity index (χ1v) is 27.1. The molecule has 8 fully saturated rings. The lowest BCUT2D eigenvalue weighted by Gasteiger charge is -2.71. The van der Waals surface area contributed by atoms with Gasteiger partial charge in [0.05, 0.1) is 37.4 Å². The summed E-state index contributed by atoms with van der Waals surface area (Å²) in [7, 11) is 0. The standard InChI is InChI=1S/C53H86O21/c1-23-32(57)35(60)38(63)43(68-23)73-42-33(58)26(56)22-67-46(42)71-31-12-13-50(6)29(49(31,4)5)11-14-52(8)30(50)10-9-24-25-19-48(2,3)15-17-53(25,18-16-51(24,52)7)47(66)74-45-40(65)37(62)41(28(21-55)70-45)72-44-39(64)36(61)34(59)27(20-54)69-44/h9,23,25-46,54-65H,10-22H2,1-8H3/t23-,25+,26+,27+,28+,29-,30+,31+,32-,33+,34+,35+,36-,37-,38-,39-,40+,41+,42-,43+,44+,45+,46+,50+,51-,52-,53-/m0/s1. The number of hydrogen-bond donors (Lipinski definition) is 12. The molecule has 0 radical (unpaired) electrons. The van der Waals surface area contributed by atoms with Crippen LogP contribution in [0.2, 0.25) is 0 Å². The second-order valence-electron chi connectivity index (χ2n) is 25.8. The zero-order valence-corrected chi connectivity index (χ0v) is 44.1. The van der Waals surface area contributed by atoms with E-state index in [1.165, 1.54) is 12.5 Å². The van der Waals surface area contributed by atoms with Gasteiger partial charge >= 0.3 is 5.97 Å². The molecule has 0 spiro atoms. The molecule has 9 aliphatic rings. The van der Waals surface area contributed by atoms with Crippen molar-refractivity contribution in [3.05, 3.63) is 11.6 Å². The molecule has 21 heteroatoms. The van der Waals surface area contributed by atoms with Crippen molar-refractivity contribution >= 4 is 5.97 Å². The molecule has 0 aromatic heterocycles. The molecular weight excluding hydrogens is 973 g/mol. The molecule has 74 heavy (non-hydrogen) atoms. The van der Waals surface area contributed by atoms with Crippen molar-refractivity contribution in [3.63, 3.8) is 0 Å². The lowest BCUT2D eigenvalue weighted by molar-refractivity contribution is -0.364. The number of allylic oxidation sites excluding steroid dienone is 2. The van der Waals surface area contributed by atoms with E-state index < -0.39 is 147 Å². The van der Waals surface area contributed by atoms with Gasteiger partial charge in [0.2, 0.25) is 6.29 Å². The van der Waals surface area contributed by atoms with Crippen LogP contribution in [0.5, 0.6) is 0 Å². The van der Waals surface area contributed by atoms with Gasteiger partial charge in [0, 0.05) is 0 Å². The number of fused-ring (bicyclic) bond motifs is 7. The third-order valence-electron chi connectivity index (χ3n) is 21.0. The fourth-order valence-corrected chi connectivity index (χ4v) is 16.2. The number of hydrogen-bond acceptors (Lipinski definition) is 21. The molecule has 0 unspecified atom stereocenters. The van der Waals surface area contributed by atoms with Gasteiger partial charge in [0.1, 0.15) is 85.5 Å². The predicted octanol–water partition coefficient (Wildman–Crippen LogP) is -0.369. The molecule has 9 rings (SSSR count). The molecular formula is C53H86O21. The van der Waals surface area contributed by atoms with Crippen LogP contribution >= 0.6 is 0 Å². The largest absolute Gasteiger partial charge is 0.432 e. The molecule has 4 aliphatic heterocycles. The summed E-state index contributed by atoms with van der Waals surface area (Å²) in [5, 5.41) is 128. The maximum absolute atomic E-state index is 15.1. The van der Waals surface area contributed by atoms with E-state index in [0.717, 1.165) is 32.1 Å². The number of carbonyl (C=O) groups excluding carboxylic acids is 1. The number of ether oxygens (including phenoxy) is 8. The smallest absolute Gasteiger partial charge is 0.315 e. The average molecular weight is 1060 g/mol. The van der Waals surface area contributed by atoms with Crippen LogP contribution in [0.4, 0.5) is 0 Å². The van der Waals surface area contributed by atoms with Gasteiger partial charge in [-0.05, 0) is 116 Å². The highest BCUT2D eigenvalue weighted by Crippen LogP contribution is 2.76. The first-order chi connectivity index (χ1) is 34.6. The van der Waals surface area contributed by atoms with Crippen molar-refractivity contribution in [2.24, 2.45) is 50.2 Å². The van der Waals surface area contributed by atoms with Gasteiger partial charge in [-0.1, -0.05) is 60.1 Å². The van der Waals surface area contributed by atoms with E-state index in [1.807, 2.05) is 0 Å². The SMILES string of the molecule is C[C@@H]1O[C@H](O[C@@H]2[C@@H](O[C@@H]3CC[C@@]4(C)[C@H]5CC=C6[C@H]7CC(C)(C)CC[C@]7(C(=O)O[C@H]7O[C@H](CO)[C@@H](O[C@H]8O[C@H](CO)[C@@H](O)[C@H](O)[C@@H]8O)[C@@H](O)[C@H]7O)CC[C@]6(C)[C@@]5(C)CC[C@H]4C3(C)C)OC[C@@H](O)[C@H]2O)[C@@H](O)[C@H](O)[C@H]1O. The molecule has 4 saturated heterocycles. The molecule has 12 N–H and O–H groups in total. The third-order valence-corrected chi connectivity index (χ3v) is 21.0. The number of esters is 1. The molecule has 5 aliphatic carbocycles. The van der Waals surface area contributed by atoms with E-state index in [0.29, 0.717) is 32.1 Å².